The maximum Gasteiger partial charge on any atom is 0.336 e. The Balaban J connectivity index is 1.71. The van der Waals surface area contributed by atoms with E-state index in [0.717, 1.165) is 22.2 Å². The van der Waals surface area contributed by atoms with Crippen molar-refractivity contribution in [1.29, 1.82) is 0 Å². The first-order chi connectivity index (χ1) is 12.9. The van der Waals surface area contributed by atoms with Crippen LogP contribution in [0.15, 0.2) is 57.7 Å². The molecule has 0 aliphatic carbocycles. The molecular formula is C21H22N2O4. The number of carbonyl (C=O) groups is 1. The third kappa shape index (κ3) is 4.74. The van der Waals surface area contributed by atoms with Crippen LogP contribution >= 0.6 is 0 Å². The molecule has 0 saturated heterocycles. The van der Waals surface area contributed by atoms with Gasteiger partial charge in [0.05, 0.1) is 13.7 Å². The van der Waals surface area contributed by atoms with Gasteiger partial charge in [0.2, 0.25) is 5.91 Å². The molecule has 1 N–H and O–H groups in total. The summed E-state index contributed by atoms with van der Waals surface area (Å²) >= 11 is 0. The number of likely N-dealkylation sites (N-methyl/N-ethyl adjacent to an activating group) is 1. The zero-order chi connectivity index (χ0) is 19.4. The van der Waals surface area contributed by atoms with Gasteiger partial charge in [-0.3, -0.25) is 9.69 Å². The Bertz CT molecular complexity index is 1010. The molecule has 6 heteroatoms. The lowest BCUT2D eigenvalue weighted by atomic mass is 10.1. The highest BCUT2D eigenvalue weighted by atomic mass is 16.5. The normalized spacial score (nSPS) is 11.0. The molecular weight excluding hydrogens is 344 g/mol. The van der Waals surface area contributed by atoms with Gasteiger partial charge in [0.15, 0.2) is 0 Å². The summed E-state index contributed by atoms with van der Waals surface area (Å²) in [6, 6.07) is 14.5. The van der Waals surface area contributed by atoms with E-state index in [4.69, 9.17) is 9.15 Å². The lowest BCUT2D eigenvalue weighted by Crippen LogP contribution is -2.30. The Morgan fingerprint density at radius 1 is 1.15 bits per heavy atom. The largest absolute Gasteiger partial charge is 0.497 e. The van der Waals surface area contributed by atoms with E-state index in [2.05, 4.69) is 5.32 Å². The van der Waals surface area contributed by atoms with Gasteiger partial charge >= 0.3 is 5.63 Å². The summed E-state index contributed by atoms with van der Waals surface area (Å²) in [5.41, 5.74) is 2.74. The molecule has 6 nitrogen and oxygen atoms in total. The van der Waals surface area contributed by atoms with Crippen molar-refractivity contribution in [2.75, 3.05) is 26.0 Å². The molecule has 0 radical (unpaired) electrons. The minimum absolute atomic E-state index is 0.115. The molecule has 0 aliphatic heterocycles. The molecule has 0 spiro atoms. The number of ether oxygens (including phenoxy) is 1. The van der Waals surface area contributed by atoms with E-state index in [9.17, 15) is 9.59 Å². The fourth-order valence-corrected chi connectivity index (χ4v) is 2.90. The number of aryl methyl sites for hydroxylation is 1. The number of nitrogens with one attached hydrogen (secondary N) is 1. The predicted molar refractivity (Wildman–Crippen MR) is 105 cm³/mol. The second kappa shape index (κ2) is 8.05. The molecule has 0 fully saturated rings. The number of hydrogen-bond acceptors (Lipinski definition) is 5. The summed E-state index contributed by atoms with van der Waals surface area (Å²) < 4.78 is 10.4. The molecule has 0 unspecified atom stereocenters. The van der Waals surface area contributed by atoms with Gasteiger partial charge in [0.1, 0.15) is 11.3 Å². The summed E-state index contributed by atoms with van der Waals surface area (Å²) in [5, 5.41) is 3.69. The van der Waals surface area contributed by atoms with Crippen molar-refractivity contribution in [1.82, 2.24) is 4.90 Å². The first-order valence-electron chi connectivity index (χ1n) is 8.60. The highest BCUT2D eigenvalue weighted by Gasteiger charge is 2.12. The number of nitrogens with zero attached hydrogens (tertiary/aromatic N) is 1. The highest BCUT2D eigenvalue weighted by Crippen LogP contribution is 2.23. The maximum absolute atomic E-state index is 12.3. The first kappa shape index (κ1) is 18.7. The van der Waals surface area contributed by atoms with Gasteiger partial charge in [-0.25, -0.2) is 4.79 Å². The van der Waals surface area contributed by atoms with E-state index >= 15 is 0 Å². The number of methoxy groups -OCH3 is 1. The summed E-state index contributed by atoms with van der Waals surface area (Å²) in [6.45, 7) is 2.64. The summed E-state index contributed by atoms with van der Waals surface area (Å²) in [6.07, 6.45) is 0. The molecule has 1 aromatic heterocycles. The van der Waals surface area contributed by atoms with Gasteiger partial charge in [-0.1, -0.05) is 17.7 Å². The number of carbonyl (C=O) groups excluding carboxylic acids is 1. The third-order valence-corrected chi connectivity index (χ3v) is 4.23. The molecule has 27 heavy (non-hydrogen) atoms. The fraction of sp³-hybridized carbons (Fsp3) is 0.238. The lowest BCUT2D eigenvalue weighted by molar-refractivity contribution is -0.117. The van der Waals surface area contributed by atoms with E-state index in [-0.39, 0.29) is 12.5 Å². The van der Waals surface area contributed by atoms with Crippen LogP contribution in [0.25, 0.3) is 11.0 Å². The van der Waals surface area contributed by atoms with Gasteiger partial charge in [0, 0.05) is 29.8 Å². The van der Waals surface area contributed by atoms with E-state index in [0.29, 0.717) is 17.9 Å². The first-order valence-corrected chi connectivity index (χ1v) is 8.60. The van der Waals surface area contributed by atoms with E-state index in [1.165, 1.54) is 6.07 Å². The molecule has 0 saturated carbocycles. The minimum atomic E-state index is -0.428. The quantitative estimate of drug-likeness (QED) is 0.679. The molecule has 140 valence electrons. The third-order valence-electron chi connectivity index (χ3n) is 4.23. The second-order valence-electron chi connectivity index (χ2n) is 6.54. The molecule has 2 aromatic carbocycles. The summed E-state index contributed by atoms with van der Waals surface area (Å²) in [5.74, 6) is 0.504. The Hall–Kier alpha value is -3.12. The lowest BCUT2D eigenvalue weighted by Gasteiger charge is -2.17. The Morgan fingerprint density at radius 2 is 1.89 bits per heavy atom. The van der Waals surface area contributed by atoms with Crippen molar-refractivity contribution in [3.05, 3.63) is 70.1 Å². The van der Waals surface area contributed by atoms with Crippen LogP contribution < -0.4 is 15.7 Å². The number of hydrogen-bond donors (Lipinski definition) is 1. The Kier molecular flexibility index (Phi) is 5.57. The van der Waals surface area contributed by atoms with Crippen LogP contribution in [-0.2, 0) is 11.3 Å². The van der Waals surface area contributed by atoms with Crippen LogP contribution in [0.3, 0.4) is 0 Å². The minimum Gasteiger partial charge on any atom is -0.497 e. The van der Waals surface area contributed by atoms with Crippen LogP contribution in [0.5, 0.6) is 5.75 Å². The van der Waals surface area contributed by atoms with Crippen LogP contribution in [-0.4, -0.2) is 31.5 Å². The van der Waals surface area contributed by atoms with E-state index in [1.807, 2.05) is 55.3 Å². The zero-order valence-corrected chi connectivity index (χ0v) is 15.6. The molecule has 1 heterocycles. The predicted octanol–water partition coefficient (Wildman–Crippen LogP) is 3.18. The van der Waals surface area contributed by atoms with Gasteiger partial charge < -0.3 is 14.5 Å². The average Bonchev–Trinajstić information content (AvgIpc) is 2.62. The van der Waals surface area contributed by atoms with Crippen molar-refractivity contribution < 1.29 is 13.9 Å². The number of rotatable bonds is 6. The molecule has 0 atom stereocenters. The van der Waals surface area contributed by atoms with Crippen molar-refractivity contribution in [3.8, 4) is 5.75 Å². The smallest absolute Gasteiger partial charge is 0.336 e. The van der Waals surface area contributed by atoms with Crippen LogP contribution in [0.1, 0.15) is 11.1 Å². The fourth-order valence-electron chi connectivity index (χ4n) is 2.90. The second-order valence-corrected chi connectivity index (χ2v) is 6.54. The Labute approximate surface area is 157 Å². The monoisotopic (exact) mass is 366 g/mol. The molecule has 3 rings (SSSR count). The van der Waals surface area contributed by atoms with Crippen molar-refractivity contribution in [2.45, 2.75) is 13.5 Å². The molecule has 3 aromatic rings. The number of benzene rings is 2. The topological polar surface area (TPSA) is 71.8 Å². The van der Waals surface area contributed by atoms with Crippen LogP contribution in [0, 0.1) is 6.92 Å². The van der Waals surface area contributed by atoms with Crippen LogP contribution in [0.4, 0.5) is 5.69 Å². The van der Waals surface area contributed by atoms with Crippen LogP contribution in [0.2, 0.25) is 0 Å². The molecule has 0 aliphatic rings. The van der Waals surface area contributed by atoms with Crippen molar-refractivity contribution in [3.63, 3.8) is 0 Å². The maximum atomic E-state index is 12.3. The van der Waals surface area contributed by atoms with Gasteiger partial charge in [0.25, 0.3) is 0 Å². The molecule has 0 bridgehead atoms. The van der Waals surface area contributed by atoms with E-state index < -0.39 is 5.63 Å². The zero-order valence-electron chi connectivity index (χ0n) is 15.6. The Morgan fingerprint density at radius 3 is 2.59 bits per heavy atom. The highest BCUT2D eigenvalue weighted by molar-refractivity contribution is 5.92. The standard InChI is InChI=1S/C21H22N2O4/c1-14-4-6-16(7-5-14)22-20(24)13-23(2)12-15-10-21(25)27-19-11-17(26-3)8-9-18(15)19/h4-11H,12-13H2,1-3H3,(H,22,24). The number of amides is 1. The van der Waals surface area contributed by atoms with E-state index in [1.54, 1.807) is 13.2 Å². The van der Waals surface area contributed by atoms with Crippen molar-refractivity contribution >= 4 is 22.6 Å². The summed E-state index contributed by atoms with van der Waals surface area (Å²) in [4.78, 5) is 26.0. The number of anilines is 1. The van der Waals surface area contributed by atoms with Gasteiger partial charge in [-0.2, -0.15) is 0 Å². The van der Waals surface area contributed by atoms with Crippen molar-refractivity contribution in [2.24, 2.45) is 0 Å². The van der Waals surface area contributed by atoms with Gasteiger partial charge in [-0.05, 0) is 43.8 Å². The SMILES string of the molecule is COc1ccc2c(CN(C)CC(=O)Nc3ccc(C)cc3)cc(=O)oc2c1. The number of fused-ring (bicyclic) bond motifs is 1. The average molecular weight is 366 g/mol. The van der Waals surface area contributed by atoms with Gasteiger partial charge in [-0.15, -0.1) is 0 Å². The summed E-state index contributed by atoms with van der Waals surface area (Å²) in [7, 11) is 3.39. The molecule has 1 amide bonds.